The summed E-state index contributed by atoms with van der Waals surface area (Å²) in [6.07, 6.45) is -0.162. The highest BCUT2D eigenvalue weighted by Crippen LogP contribution is 2.31. The molecule has 0 radical (unpaired) electrons. The smallest absolute Gasteiger partial charge is 0.231 e. The van der Waals surface area contributed by atoms with E-state index in [-0.39, 0.29) is 36.1 Å². The van der Waals surface area contributed by atoms with Crippen LogP contribution in [0.1, 0.15) is 5.56 Å². The molecule has 0 spiro atoms. The largest absolute Gasteiger partial charge is 0.493 e. The molecule has 0 bridgehead atoms. The van der Waals surface area contributed by atoms with Crippen molar-refractivity contribution in [2.45, 2.75) is 6.42 Å². The van der Waals surface area contributed by atoms with Gasteiger partial charge >= 0.3 is 0 Å². The molecule has 2 aromatic carbocycles. The first-order chi connectivity index (χ1) is 16.5. The van der Waals surface area contributed by atoms with E-state index >= 15 is 0 Å². The Kier molecular flexibility index (Phi) is 7.07. The van der Waals surface area contributed by atoms with Crippen LogP contribution in [0.15, 0.2) is 48.5 Å². The average Bonchev–Trinajstić information content (AvgIpc) is 3.27. The summed E-state index contributed by atoms with van der Waals surface area (Å²) in [6.45, 7) is 0.360. The van der Waals surface area contributed by atoms with Crippen LogP contribution in [0.25, 0.3) is 17.0 Å². The fourth-order valence-electron chi connectivity index (χ4n) is 3.27. The lowest BCUT2D eigenvalue weighted by Gasteiger charge is -2.10. The number of amides is 1. The number of aromatic nitrogens is 4. The van der Waals surface area contributed by atoms with Gasteiger partial charge < -0.3 is 19.5 Å². The fraction of sp³-hybridized carbons (Fsp3) is 0.217. The molecular weight excluding hydrogens is 465 g/mol. The minimum Gasteiger partial charge on any atom is -0.493 e. The summed E-state index contributed by atoms with van der Waals surface area (Å²) >= 11 is 5.96. The van der Waals surface area contributed by atoms with E-state index in [2.05, 4.69) is 20.6 Å². The number of halogens is 2. The van der Waals surface area contributed by atoms with Crippen LogP contribution >= 0.6 is 11.6 Å². The van der Waals surface area contributed by atoms with Crippen molar-refractivity contribution in [1.82, 2.24) is 25.1 Å². The Morgan fingerprint density at radius 2 is 1.91 bits per heavy atom. The van der Waals surface area contributed by atoms with Crippen LogP contribution in [0.4, 0.5) is 4.39 Å². The molecule has 1 N–H and O–H groups in total. The summed E-state index contributed by atoms with van der Waals surface area (Å²) in [6, 6.07) is 13.0. The van der Waals surface area contributed by atoms with Gasteiger partial charge in [0, 0.05) is 22.2 Å². The number of fused-ring (bicyclic) bond motifs is 1. The van der Waals surface area contributed by atoms with Gasteiger partial charge in [0.25, 0.3) is 0 Å². The Labute approximate surface area is 199 Å². The lowest BCUT2D eigenvalue weighted by Crippen LogP contribution is -2.29. The van der Waals surface area contributed by atoms with Crippen LogP contribution in [0.3, 0.4) is 0 Å². The number of hydrogen-bond donors (Lipinski definition) is 1. The van der Waals surface area contributed by atoms with Crippen molar-refractivity contribution in [3.8, 4) is 28.8 Å². The molecule has 4 rings (SSSR count). The maximum absolute atomic E-state index is 13.8. The summed E-state index contributed by atoms with van der Waals surface area (Å²) in [5.41, 5.74) is 1.42. The van der Waals surface area contributed by atoms with Crippen LogP contribution in [0.2, 0.25) is 5.02 Å². The molecule has 11 heteroatoms. The van der Waals surface area contributed by atoms with Gasteiger partial charge in [-0.3, -0.25) is 4.79 Å². The van der Waals surface area contributed by atoms with Gasteiger partial charge in [-0.2, -0.15) is 4.52 Å². The van der Waals surface area contributed by atoms with Crippen molar-refractivity contribution in [1.29, 1.82) is 0 Å². The van der Waals surface area contributed by atoms with Crippen molar-refractivity contribution in [2.24, 2.45) is 0 Å². The predicted octanol–water partition coefficient (Wildman–Crippen LogP) is 3.34. The van der Waals surface area contributed by atoms with Gasteiger partial charge in [-0.1, -0.05) is 17.7 Å². The number of methoxy groups -OCH3 is 2. The normalized spacial score (nSPS) is 10.8. The highest BCUT2D eigenvalue weighted by molar-refractivity contribution is 6.31. The molecule has 2 heterocycles. The van der Waals surface area contributed by atoms with Gasteiger partial charge in [0.1, 0.15) is 12.4 Å². The van der Waals surface area contributed by atoms with Crippen LogP contribution < -0.4 is 19.5 Å². The molecule has 0 unspecified atom stereocenters. The molecule has 4 aromatic rings. The van der Waals surface area contributed by atoms with E-state index in [0.29, 0.717) is 28.9 Å². The SMILES string of the molecule is COc1ccc(-c2nnc3ccc(OCCNC(=O)Cc4c(F)cccc4Cl)nn23)cc1OC. The van der Waals surface area contributed by atoms with Gasteiger partial charge in [-0.15, -0.1) is 15.3 Å². The van der Waals surface area contributed by atoms with Gasteiger partial charge in [-0.25, -0.2) is 4.39 Å². The van der Waals surface area contributed by atoms with E-state index < -0.39 is 5.82 Å². The molecule has 34 heavy (non-hydrogen) atoms. The van der Waals surface area contributed by atoms with Crippen molar-refractivity contribution in [2.75, 3.05) is 27.4 Å². The highest BCUT2D eigenvalue weighted by atomic mass is 35.5. The van der Waals surface area contributed by atoms with Gasteiger partial charge in [-0.05, 0) is 36.4 Å². The molecule has 0 aliphatic rings. The van der Waals surface area contributed by atoms with Crippen LogP contribution in [-0.4, -0.2) is 53.1 Å². The molecule has 0 aliphatic heterocycles. The summed E-state index contributed by atoms with van der Waals surface area (Å²) in [4.78, 5) is 12.1. The Balaban J connectivity index is 1.39. The standard InChI is InChI=1S/C23H21ClFN5O4/c1-32-18-7-6-14(12-19(18)33-2)23-28-27-20-8-9-22(29-30(20)23)34-11-10-26-21(31)13-15-16(24)4-3-5-17(15)25/h3-9,12H,10-11,13H2,1-2H3,(H,26,31). The van der Waals surface area contributed by atoms with E-state index in [9.17, 15) is 9.18 Å². The molecule has 0 atom stereocenters. The third-order valence-electron chi connectivity index (χ3n) is 4.95. The predicted molar refractivity (Wildman–Crippen MR) is 123 cm³/mol. The fourth-order valence-corrected chi connectivity index (χ4v) is 3.50. The zero-order valence-corrected chi connectivity index (χ0v) is 19.2. The number of hydrogen-bond acceptors (Lipinski definition) is 7. The number of carbonyl (C=O) groups is 1. The van der Waals surface area contributed by atoms with E-state index in [4.69, 9.17) is 25.8 Å². The molecular formula is C23H21ClFN5O4. The molecule has 0 saturated heterocycles. The molecule has 176 valence electrons. The van der Waals surface area contributed by atoms with Gasteiger partial charge in [0.2, 0.25) is 11.8 Å². The Bertz CT molecular complexity index is 1310. The zero-order valence-electron chi connectivity index (χ0n) is 18.4. The Morgan fingerprint density at radius 1 is 1.09 bits per heavy atom. The second-order valence-electron chi connectivity index (χ2n) is 7.11. The van der Waals surface area contributed by atoms with E-state index in [1.807, 2.05) is 6.07 Å². The first kappa shape index (κ1) is 23.2. The molecule has 0 saturated carbocycles. The van der Waals surface area contributed by atoms with Crippen molar-refractivity contribution in [3.63, 3.8) is 0 Å². The number of nitrogens with one attached hydrogen (secondary N) is 1. The summed E-state index contributed by atoms with van der Waals surface area (Å²) in [5, 5.41) is 15.7. The van der Waals surface area contributed by atoms with E-state index in [0.717, 1.165) is 5.56 Å². The number of benzene rings is 2. The summed E-state index contributed by atoms with van der Waals surface area (Å²) in [5.74, 6) is 1.08. The first-order valence-corrected chi connectivity index (χ1v) is 10.6. The molecule has 0 fully saturated rings. The molecule has 9 nitrogen and oxygen atoms in total. The lowest BCUT2D eigenvalue weighted by molar-refractivity contribution is -0.120. The molecule has 1 amide bonds. The van der Waals surface area contributed by atoms with Crippen LogP contribution in [0, 0.1) is 5.82 Å². The maximum atomic E-state index is 13.8. The van der Waals surface area contributed by atoms with Gasteiger partial charge in [0.15, 0.2) is 23.0 Å². The third kappa shape index (κ3) is 5.01. The topological polar surface area (TPSA) is 99.9 Å². The second-order valence-corrected chi connectivity index (χ2v) is 7.52. The van der Waals surface area contributed by atoms with Gasteiger partial charge in [0.05, 0.1) is 27.2 Å². The quantitative estimate of drug-likeness (QED) is 0.363. The number of rotatable bonds is 9. The van der Waals surface area contributed by atoms with Crippen LogP contribution in [0.5, 0.6) is 17.4 Å². The Hall–Kier alpha value is -3.92. The summed E-state index contributed by atoms with van der Waals surface area (Å²) in [7, 11) is 3.12. The van der Waals surface area contributed by atoms with Crippen molar-refractivity contribution >= 4 is 23.2 Å². The third-order valence-corrected chi connectivity index (χ3v) is 5.31. The number of carbonyl (C=O) groups excluding carboxylic acids is 1. The summed E-state index contributed by atoms with van der Waals surface area (Å²) < 4.78 is 31.7. The minimum absolute atomic E-state index is 0.156. The minimum atomic E-state index is -0.518. The first-order valence-electron chi connectivity index (χ1n) is 10.3. The molecule has 0 aliphatic carbocycles. The lowest BCUT2D eigenvalue weighted by atomic mass is 10.1. The molecule has 2 aromatic heterocycles. The van der Waals surface area contributed by atoms with E-state index in [1.165, 1.54) is 12.1 Å². The number of ether oxygens (including phenoxy) is 3. The second kappa shape index (κ2) is 10.3. The Morgan fingerprint density at radius 3 is 2.68 bits per heavy atom. The van der Waals surface area contributed by atoms with Crippen molar-refractivity contribution in [3.05, 3.63) is 64.9 Å². The monoisotopic (exact) mass is 485 g/mol. The average molecular weight is 486 g/mol. The van der Waals surface area contributed by atoms with Crippen molar-refractivity contribution < 1.29 is 23.4 Å². The number of nitrogens with zero attached hydrogens (tertiary/aromatic N) is 4. The highest BCUT2D eigenvalue weighted by Gasteiger charge is 2.14. The van der Waals surface area contributed by atoms with E-state index in [1.54, 1.807) is 49.1 Å². The van der Waals surface area contributed by atoms with Crippen LogP contribution in [-0.2, 0) is 11.2 Å². The zero-order chi connectivity index (χ0) is 24.1. The maximum Gasteiger partial charge on any atom is 0.231 e.